The number of hydrogen-bond donors (Lipinski definition) is 1. The van der Waals surface area contributed by atoms with Gasteiger partial charge in [-0.05, 0) is 24.3 Å². The predicted octanol–water partition coefficient (Wildman–Crippen LogP) is 2.02. The minimum atomic E-state index is -0.377. The topological polar surface area (TPSA) is 49.9 Å². The van der Waals surface area contributed by atoms with Crippen LogP contribution in [0.4, 0.5) is 15.8 Å². The second-order valence-corrected chi connectivity index (χ2v) is 6.69. The lowest BCUT2D eigenvalue weighted by Gasteiger charge is -2.41. The van der Waals surface area contributed by atoms with Crippen LogP contribution in [0.3, 0.4) is 0 Å². The summed E-state index contributed by atoms with van der Waals surface area (Å²) >= 11 is 0. The van der Waals surface area contributed by atoms with E-state index in [1.54, 1.807) is 7.11 Å². The summed E-state index contributed by atoms with van der Waals surface area (Å²) in [4.78, 5) is 8.75. The van der Waals surface area contributed by atoms with Gasteiger partial charge in [-0.3, -0.25) is 0 Å². The van der Waals surface area contributed by atoms with E-state index >= 15 is 0 Å². The van der Waals surface area contributed by atoms with Crippen molar-refractivity contribution in [2.75, 3.05) is 62.8 Å². The van der Waals surface area contributed by atoms with Crippen LogP contribution >= 0.6 is 0 Å². The van der Waals surface area contributed by atoms with Crippen LogP contribution < -0.4 is 19.9 Å². The zero-order chi connectivity index (χ0) is 18.6. The van der Waals surface area contributed by atoms with Crippen LogP contribution in [-0.2, 0) is 4.74 Å². The molecule has 1 aromatic heterocycles. The van der Waals surface area contributed by atoms with Crippen LogP contribution in [0.2, 0.25) is 0 Å². The number of methoxy groups -OCH3 is 1. The number of pyridine rings is 1. The maximum absolute atomic E-state index is 13.9. The van der Waals surface area contributed by atoms with E-state index in [-0.39, 0.29) is 11.9 Å². The van der Waals surface area contributed by atoms with Gasteiger partial charge in [0.25, 0.3) is 0 Å². The second-order valence-electron chi connectivity index (χ2n) is 6.69. The lowest BCUT2D eigenvalue weighted by Crippen LogP contribution is -2.45. The Bertz CT molecular complexity index is 782. The summed E-state index contributed by atoms with van der Waals surface area (Å²) in [6.07, 6.45) is 1.18. The number of rotatable bonds is 4. The molecular weight excluding hydrogens is 347 g/mol. The summed E-state index contributed by atoms with van der Waals surface area (Å²) in [5.41, 5.74) is 2.96. The Balaban J connectivity index is 1.73. The molecule has 0 bridgehead atoms. The van der Waals surface area contributed by atoms with E-state index in [0.29, 0.717) is 31.2 Å². The predicted molar refractivity (Wildman–Crippen MR) is 102 cm³/mol. The van der Waals surface area contributed by atoms with Gasteiger partial charge in [0.2, 0.25) is 5.88 Å². The van der Waals surface area contributed by atoms with E-state index in [4.69, 9.17) is 9.47 Å². The molecule has 0 aliphatic carbocycles. The van der Waals surface area contributed by atoms with Gasteiger partial charge in [0.1, 0.15) is 5.82 Å². The zero-order valence-electron chi connectivity index (χ0n) is 15.4. The molecule has 2 aliphatic rings. The van der Waals surface area contributed by atoms with E-state index in [9.17, 15) is 4.39 Å². The third-order valence-corrected chi connectivity index (χ3v) is 5.11. The molecule has 0 spiro atoms. The molecule has 1 radical (unpaired) electrons. The number of anilines is 2. The van der Waals surface area contributed by atoms with Crippen LogP contribution in [0.5, 0.6) is 5.88 Å². The molecule has 2 aromatic rings. The van der Waals surface area contributed by atoms with Gasteiger partial charge in [-0.1, -0.05) is 6.07 Å². The molecule has 143 valence electrons. The van der Waals surface area contributed by atoms with Gasteiger partial charge in [-0.15, -0.1) is 0 Å². The number of ether oxygens (including phenoxy) is 2. The Labute approximate surface area is 158 Å². The lowest BCUT2D eigenvalue weighted by molar-refractivity contribution is 0.0931. The van der Waals surface area contributed by atoms with Crippen LogP contribution in [0, 0.1) is 11.9 Å². The molecule has 1 unspecified atom stereocenters. The highest BCUT2D eigenvalue weighted by Gasteiger charge is 2.30. The molecule has 3 heterocycles. The summed E-state index contributed by atoms with van der Waals surface area (Å²) in [5, 5.41) is 3.39. The minimum absolute atomic E-state index is 0.172. The average Bonchev–Trinajstić information content (AvgIpc) is 2.74. The summed E-state index contributed by atoms with van der Waals surface area (Å²) < 4.78 is 25.1. The van der Waals surface area contributed by atoms with Crippen molar-refractivity contribution >= 4 is 11.4 Å². The molecule has 6 nitrogen and oxygen atoms in total. The highest BCUT2D eigenvalue weighted by atomic mass is 19.1. The number of piperazine rings is 1. The Kier molecular flexibility index (Phi) is 5.40. The minimum Gasteiger partial charge on any atom is -0.481 e. The summed E-state index contributed by atoms with van der Waals surface area (Å²) in [6.45, 7) is 5.63. The van der Waals surface area contributed by atoms with Crippen molar-refractivity contribution in [2.45, 2.75) is 6.04 Å². The molecule has 2 aliphatic heterocycles. The molecule has 27 heavy (non-hydrogen) atoms. The Hall–Kier alpha value is -2.38. The number of benzene rings is 1. The van der Waals surface area contributed by atoms with Crippen molar-refractivity contribution < 1.29 is 13.9 Å². The van der Waals surface area contributed by atoms with Gasteiger partial charge in [0, 0.05) is 38.3 Å². The van der Waals surface area contributed by atoms with Crippen molar-refractivity contribution in [2.24, 2.45) is 0 Å². The number of nitrogens with zero attached hydrogens (tertiary/aromatic N) is 3. The van der Waals surface area contributed by atoms with E-state index in [2.05, 4.69) is 32.2 Å². The van der Waals surface area contributed by atoms with Gasteiger partial charge in [0.05, 0.1) is 43.9 Å². The average molecular weight is 371 g/mol. The van der Waals surface area contributed by atoms with E-state index in [0.717, 1.165) is 31.9 Å². The van der Waals surface area contributed by atoms with Crippen LogP contribution in [0.1, 0.15) is 11.6 Å². The van der Waals surface area contributed by atoms with Crippen LogP contribution in [0.15, 0.2) is 30.5 Å². The number of hydrogen-bond acceptors (Lipinski definition) is 6. The first-order chi connectivity index (χ1) is 13.3. The van der Waals surface area contributed by atoms with E-state index < -0.39 is 0 Å². The van der Waals surface area contributed by atoms with Crippen molar-refractivity contribution in [1.82, 2.24) is 10.3 Å². The van der Waals surface area contributed by atoms with Gasteiger partial charge < -0.3 is 24.6 Å². The fourth-order valence-electron chi connectivity index (χ4n) is 3.82. The Morgan fingerprint density at radius 1 is 1.30 bits per heavy atom. The standard InChI is InChI=1S/C20H24FN4O2/c1-26-20-16(12-15(21)13-23-20)19-14-27-11-10-25(19)18-5-3-2-4-17(18)24-8-6-22-7-9-24/h2,4-5,12-13,19,22H,6-11,14H2,1H3. The number of morpholine rings is 1. The molecular formula is C20H24FN4O2. The first kappa shape index (κ1) is 18.0. The molecule has 1 atom stereocenters. The molecule has 0 saturated carbocycles. The fraction of sp³-hybridized carbons (Fsp3) is 0.450. The van der Waals surface area contributed by atoms with Gasteiger partial charge in [0.15, 0.2) is 0 Å². The maximum atomic E-state index is 13.9. The molecule has 1 aromatic carbocycles. The third-order valence-electron chi connectivity index (χ3n) is 5.11. The van der Waals surface area contributed by atoms with Gasteiger partial charge in [-0.2, -0.15) is 0 Å². The Morgan fingerprint density at radius 3 is 2.96 bits per heavy atom. The first-order valence-corrected chi connectivity index (χ1v) is 9.27. The highest BCUT2D eigenvalue weighted by Crippen LogP contribution is 2.38. The second kappa shape index (κ2) is 8.10. The third kappa shape index (κ3) is 3.70. The van der Waals surface area contributed by atoms with Gasteiger partial charge in [-0.25, -0.2) is 9.37 Å². The normalized spacial score (nSPS) is 20.6. The first-order valence-electron chi connectivity index (χ1n) is 9.27. The molecule has 4 rings (SSSR count). The molecule has 1 N–H and O–H groups in total. The maximum Gasteiger partial charge on any atom is 0.218 e. The van der Waals surface area contributed by atoms with Crippen molar-refractivity contribution in [3.05, 3.63) is 47.9 Å². The zero-order valence-corrected chi connectivity index (χ0v) is 15.4. The van der Waals surface area contributed by atoms with Gasteiger partial charge >= 0.3 is 0 Å². The molecule has 0 amide bonds. The van der Waals surface area contributed by atoms with Crippen molar-refractivity contribution in [3.63, 3.8) is 0 Å². The summed E-state index contributed by atoms with van der Waals surface area (Å²) in [5.74, 6) is 0.0545. The lowest BCUT2D eigenvalue weighted by atomic mass is 10.0. The monoisotopic (exact) mass is 371 g/mol. The Morgan fingerprint density at radius 2 is 2.15 bits per heavy atom. The number of halogens is 1. The fourth-order valence-corrected chi connectivity index (χ4v) is 3.82. The SMILES string of the molecule is COc1ncc(F)cc1C1COCCN1c1c[c]ccc1N1CCNCC1. The quantitative estimate of drug-likeness (QED) is 0.888. The smallest absolute Gasteiger partial charge is 0.218 e. The highest BCUT2D eigenvalue weighted by molar-refractivity contribution is 5.72. The summed E-state index contributed by atoms with van der Waals surface area (Å²) in [7, 11) is 1.56. The molecule has 2 saturated heterocycles. The number of aromatic nitrogens is 1. The molecule has 7 heteroatoms. The van der Waals surface area contributed by atoms with Crippen molar-refractivity contribution in [1.29, 1.82) is 0 Å². The summed E-state index contributed by atoms with van der Waals surface area (Å²) in [6, 6.07) is 10.6. The number of nitrogens with one attached hydrogen (secondary N) is 1. The van der Waals surface area contributed by atoms with Crippen LogP contribution in [0.25, 0.3) is 0 Å². The van der Waals surface area contributed by atoms with E-state index in [1.807, 2.05) is 12.1 Å². The van der Waals surface area contributed by atoms with Crippen LogP contribution in [-0.4, -0.2) is 58.0 Å². The molecule has 2 fully saturated rings. The van der Waals surface area contributed by atoms with E-state index in [1.165, 1.54) is 18.0 Å². The largest absolute Gasteiger partial charge is 0.481 e. The van der Waals surface area contributed by atoms with Crippen molar-refractivity contribution in [3.8, 4) is 5.88 Å².